The van der Waals surface area contributed by atoms with E-state index in [0.29, 0.717) is 24.7 Å². The maximum atomic E-state index is 13.0. The van der Waals surface area contributed by atoms with Crippen LogP contribution in [0.5, 0.6) is 0 Å². The van der Waals surface area contributed by atoms with E-state index < -0.39 is 10.0 Å². The van der Waals surface area contributed by atoms with Gasteiger partial charge in [-0.2, -0.15) is 0 Å². The lowest BCUT2D eigenvalue weighted by molar-refractivity contribution is 0.0784. The summed E-state index contributed by atoms with van der Waals surface area (Å²) in [6.45, 7) is 1.75. The van der Waals surface area contributed by atoms with Crippen LogP contribution in [0.3, 0.4) is 0 Å². The average molecular weight is 418 g/mol. The summed E-state index contributed by atoms with van der Waals surface area (Å²) in [5.74, 6) is 0. The minimum Gasteiger partial charge on any atom is -0.381 e. The van der Waals surface area contributed by atoms with Crippen molar-refractivity contribution in [2.75, 3.05) is 19.8 Å². The van der Waals surface area contributed by atoms with Gasteiger partial charge in [0.05, 0.1) is 4.90 Å². The van der Waals surface area contributed by atoms with Crippen molar-refractivity contribution in [3.63, 3.8) is 0 Å². The summed E-state index contributed by atoms with van der Waals surface area (Å²) in [6.07, 6.45) is 6.03. The second kappa shape index (κ2) is 8.57. The van der Waals surface area contributed by atoms with Gasteiger partial charge in [0.25, 0.3) is 0 Å². The SMILES string of the molecule is O=S(=O)(NCC1(Sc2ccccc2)CCOCC1)c1ccc2c(c1)CCCC2. The summed E-state index contributed by atoms with van der Waals surface area (Å²) in [6, 6.07) is 15.8. The molecular formula is C22H27NO3S2. The van der Waals surface area contributed by atoms with Crippen molar-refractivity contribution in [1.82, 2.24) is 4.72 Å². The summed E-state index contributed by atoms with van der Waals surface area (Å²) >= 11 is 1.76. The number of fused-ring (bicyclic) bond motifs is 1. The third kappa shape index (κ3) is 4.62. The van der Waals surface area contributed by atoms with Crippen molar-refractivity contribution in [3.8, 4) is 0 Å². The van der Waals surface area contributed by atoms with Crippen LogP contribution in [0, 0.1) is 0 Å². The monoisotopic (exact) mass is 417 g/mol. The Morgan fingerprint density at radius 3 is 2.43 bits per heavy atom. The van der Waals surface area contributed by atoms with Crippen molar-refractivity contribution in [1.29, 1.82) is 0 Å². The fourth-order valence-corrected chi connectivity index (χ4v) is 6.56. The average Bonchev–Trinajstić information content (AvgIpc) is 2.73. The van der Waals surface area contributed by atoms with E-state index in [1.165, 1.54) is 17.5 Å². The summed E-state index contributed by atoms with van der Waals surface area (Å²) < 4.78 is 34.3. The Labute approximate surface area is 172 Å². The first-order valence-corrected chi connectivity index (χ1v) is 12.3. The fourth-order valence-electron chi connectivity index (χ4n) is 3.98. The molecule has 4 rings (SSSR count). The Morgan fingerprint density at radius 1 is 0.964 bits per heavy atom. The van der Waals surface area contributed by atoms with E-state index >= 15 is 0 Å². The number of rotatable bonds is 6. The lowest BCUT2D eigenvalue weighted by Crippen LogP contribution is -2.44. The predicted octanol–water partition coefficient (Wildman–Crippen LogP) is 4.19. The predicted molar refractivity (Wildman–Crippen MR) is 113 cm³/mol. The molecule has 0 aromatic heterocycles. The van der Waals surface area contributed by atoms with Gasteiger partial charge in [0.1, 0.15) is 0 Å². The molecule has 28 heavy (non-hydrogen) atoms. The molecule has 1 heterocycles. The number of aryl methyl sites for hydroxylation is 2. The number of hydrogen-bond acceptors (Lipinski definition) is 4. The van der Waals surface area contributed by atoms with Gasteiger partial charge in [0.2, 0.25) is 10.0 Å². The first kappa shape index (κ1) is 20.0. The highest BCUT2D eigenvalue weighted by molar-refractivity contribution is 8.00. The lowest BCUT2D eigenvalue weighted by Gasteiger charge is -2.36. The number of sulfonamides is 1. The van der Waals surface area contributed by atoms with Gasteiger partial charge in [-0.15, -0.1) is 11.8 Å². The van der Waals surface area contributed by atoms with Crippen LogP contribution in [0.2, 0.25) is 0 Å². The van der Waals surface area contributed by atoms with E-state index in [4.69, 9.17) is 4.74 Å². The van der Waals surface area contributed by atoms with E-state index in [-0.39, 0.29) is 4.75 Å². The number of nitrogens with one attached hydrogen (secondary N) is 1. The highest BCUT2D eigenvalue weighted by Gasteiger charge is 2.35. The van der Waals surface area contributed by atoms with E-state index in [2.05, 4.69) is 16.9 Å². The molecule has 1 saturated heterocycles. The molecule has 2 aliphatic rings. The molecule has 0 radical (unpaired) electrons. The molecule has 1 aliphatic heterocycles. The van der Waals surface area contributed by atoms with Gasteiger partial charge in [-0.1, -0.05) is 24.3 Å². The molecule has 1 fully saturated rings. The molecular weight excluding hydrogens is 390 g/mol. The normalized spacial score (nSPS) is 19.1. The van der Waals surface area contributed by atoms with Gasteiger partial charge < -0.3 is 4.74 Å². The molecule has 0 bridgehead atoms. The molecule has 0 unspecified atom stereocenters. The van der Waals surface area contributed by atoms with Crippen LogP contribution in [-0.2, 0) is 27.6 Å². The summed E-state index contributed by atoms with van der Waals surface area (Å²) in [4.78, 5) is 1.55. The number of thioether (sulfide) groups is 1. The van der Waals surface area contributed by atoms with Crippen LogP contribution in [0.1, 0.15) is 36.8 Å². The molecule has 2 aromatic carbocycles. The molecule has 0 spiro atoms. The molecule has 6 heteroatoms. The van der Waals surface area contributed by atoms with Gasteiger partial charge in [-0.3, -0.25) is 0 Å². The van der Waals surface area contributed by atoms with E-state index in [9.17, 15) is 8.42 Å². The molecule has 1 aliphatic carbocycles. The summed E-state index contributed by atoms with van der Waals surface area (Å²) in [5.41, 5.74) is 2.49. The van der Waals surface area contributed by atoms with Crippen molar-refractivity contribution in [3.05, 3.63) is 59.7 Å². The maximum Gasteiger partial charge on any atom is 0.240 e. The van der Waals surface area contributed by atoms with Crippen LogP contribution < -0.4 is 4.72 Å². The Kier molecular flexibility index (Phi) is 6.11. The zero-order valence-corrected chi connectivity index (χ0v) is 17.7. The summed E-state index contributed by atoms with van der Waals surface area (Å²) in [7, 11) is -3.53. The summed E-state index contributed by atoms with van der Waals surface area (Å²) in [5, 5.41) is 0. The molecule has 4 nitrogen and oxygen atoms in total. The minimum atomic E-state index is -3.53. The Hall–Kier alpha value is -1.34. The maximum absolute atomic E-state index is 13.0. The van der Waals surface area contributed by atoms with Crippen molar-refractivity contribution < 1.29 is 13.2 Å². The van der Waals surface area contributed by atoms with Crippen LogP contribution in [0.15, 0.2) is 58.3 Å². The van der Waals surface area contributed by atoms with E-state index in [1.807, 2.05) is 30.3 Å². The third-order valence-electron chi connectivity index (χ3n) is 5.70. The molecule has 0 saturated carbocycles. The Balaban J connectivity index is 1.51. The number of benzene rings is 2. The van der Waals surface area contributed by atoms with Crippen molar-refractivity contribution in [2.24, 2.45) is 0 Å². The molecule has 1 N–H and O–H groups in total. The molecule has 150 valence electrons. The quantitative estimate of drug-likeness (QED) is 0.766. The van der Waals surface area contributed by atoms with E-state index in [0.717, 1.165) is 37.0 Å². The van der Waals surface area contributed by atoms with Gasteiger partial charge in [-0.25, -0.2) is 13.1 Å². The van der Waals surface area contributed by atoms with Crippen molar-refractivity contribution in [2.45, 2.75) is 53.1 Å². The highest BCUT2D eigenvalue weighted by Crippen LogP contribution is 2.40. The van der Waals surface area contributed by atoms with Gasteiger partial charge in [-0.05, 0) is 73.9 Å². The number of ether oxygens (including phenoxy) is 1. The first-order chi connectivity index (χ1) is 13.6. The second-order valence-corrected chi connectivity index (χ2v) is 11.0. The van der Waals surface area contributed by atoms with Gasteiger partial charge in [0, 0.05) is 29.4 Å². The standard InChI is InChI=1S/C22H27NO3S2/c24-28(25,21-11-10-18-6-4-5-7-19(18)16-21)23-17-22(12-14-26-15-13-22)27-20-8-2-1-3-9-20/h1-3,8-11,16,23H,4-7,12-15,17H2. The van der Waals surface area contributed by atoms with Crippen LogP contribution in [0.25, 0.3) is 0 Å². The Morgan fingerprint density at radius 2 is 1.68 bits per heavy atom. The second-order valence-electron chi connectivity index (χ2n) is 7.67. The van der Waals surface area contributed by atoms with Crippen LogP contribution in [-0.4, -0.2) is 32.9 Å². The third-order valence-corrected chi connectivity index (χ3v) is 8.59. The smallest absolute Gasteiger partial charge is 0.240 e. The van der Waals surface area contributed by atoms with Crippen molar-refractivity contribution >= 4 is 21.8 Å². The number of hydrogen-bond donors (Lipinski definition) is 1. The molecule has 0 atom stereocenters. The minimum absolute atomic E-state index is 0.180. The fraction of sp³-hybridized carbons (Fsp3) is 0.455. The largest absolute Gasteiger partial charge is 0.381 e. The molecule has 2 aromatic rings. The molecule has 0 amide bonds. The Bertz CT molecular complexity index is 907. The van der Waals surface area contributed by atoms with E-state index in [1.54, 1.807) is 17.8 Å². The topological polar surface area (TPSA) is 55.4 Å². The van der Waals surface area contributed by atoms with Crippen LogP contribution >= 0.6 is 11.8 Å². The van der Waals surface area contributed by atoms with Gasteiger partial charge in [0.15, 0.2) is 0 Å². The van der Waals surface area contributed by atoms with Gasteiger partial charge >= 0.3 is 0 Å². The first-order valence-electron chi connectivity index (χ1n) is 10.00. The van der Waals surface area contributed by atoms with Crippen LogP contribution in [0.4, 0.5) is 0 Å². The lowest BCUT2D eigenvalue weighted by atomic mass is 9.92. The highest BCUT2D eigenvalue weighted by atomic mass is 32.2. The zero-order chi connectivity index (χ0) is 19.5. The zero-order valence-electron chi connectivity index (χ0n) is 16.0.